The molecule has 3 nitrogen and oxygen atoms in total. The standard InChI is InChI=1S/C17H21NO2/c1-11(2)12-3-5-13(6-4-12)16(19)17(10-18)9-14-7-8-15(17)20-14/h3-6,11,14-16,19H,7-9H2,1-2H3. The Kier molecular flexibility index (Phi) is 3.32. The molecule has 4 unspecified atom stereocenters. The molecule has 1 aromatic carbocycles. The van der Waals surface area contributed by atoms with E-state index in [9.17, 15) is 10.4 Å². The van der Waals surface area contributed by atoms with E-state index in [-0.39, 0.29) is 12.2 Å². The highest BCUT2D eigenvalue weighted by Gasteiger charge is 2.57. The maximum absolute atomic E-state index is 10.7. The fourth-order valence-corrected chi connectivity index (χ4v) is 3.57. The van der Waals surface area contributed by atoms with Gasteiger partial charge in [-0.1, -0.05) is 38.1 Å². The highest BCUT2D eigenvalue weighted by atomic mass is 16.5. The Hall–Kier alpha value is -1.37. The summed E-state index contributed by atoms with van der Waals surface area (Å²) < 4.78 is 5.80. The lowest BCUT2D eigenvalue weighted by molar-refractivity contribution is 0.00341. The van der Waals surface area contributed by atoms with Crippen molar-refractivity contribution in [1.29, 1.82) is 5.26 Å². The third-order valence-corrected chi connectivity index (χ3v) is 4.86. The van der Waals surface area contributed by atoms with Crippen molar-refractivity contribution in [2.45, 2.75) is 57.3 Å². The van der Waals surface area contributed by atoms with E-state index in [1.54, 1.807) is 0 Å². The lowest BCUT2D eigenvalue weighted by Crippen LogP contribution is -2.37. The van der Waals surface area contributed by atoms with Gasteiger partial charge in [0.25, 0.3) is 0 Å². The van der Waals surface area contributed by atoms with Gasteiger partial charge in [-0.25, -0.2) is 0 Å². The molecule has 3 rings (SSSR count). The third kappa shape index (κ3) is 1.95. The first-order valence-electron chi connectivity index (χ1n) is 7.41. The van der Waals surface area contributed by atoms with Crippen LogP contribution in [-0.2, 0) is 4.74 Å². The molecule has 2 heterocycles. The smallest absolute Gasteiger partial charge is 0.116 e. The van der Waals surface area contributed by atoms with Crippen molar-refractivity contribution in [3.8, 4) is 6.07 Å². The van der Waals surface area contributed by atoms with Crippen molar-refractivity contribution in [3.63, 3.8) is 0 Å². The van der Waals surface area contributed by atoms with Gasteiger partial charge in [-0.05, 0) is 36.3 Å². The van der Waals surface area contributed by atoms with Crippen LogP contribution in [0, 0.1) is 16.7 Å². The van der Waals surface area contributed by atoms with Gasteiger partial charge >= 0.3 is 0 Å². The topological polar surface area (TPSA) is 53.2 Å². The molecule has 0 radical (unpaired) electrons. The summed E-state index contributed by atoms with van der Waals surface area (Å²) in [5.41, 5.74) is 1.31. The number of aliphatic hydroxyl groups is 1. The van der Waals surface area contributed by atoms with Crippen molar-refractivity contribution >= 4 is 0 Å². The molecule has 1 aromatic rings. The molecule has 0 saturated carbocycles. The summed E-state index contributed by atoms with van der Waals surface area (Å²) in [5, 5.41) is 20.3. The molecule has 1 N–H and O–H groups in total. The summed E-state index contributed by atoms with van der Waals surface area (Å²) in [6.07, 6.45) is 1.85. The van der Waals surface area contributed by atoms with Gasteiger partial charge in [-0.15, -0.1) is 0 Å². The van der Waals surface area contributed by atoms with Gasteiger partial charge in [-0.3, -0.25) is 0 Å². The second-order valence-electron chi connectivity index (χ2n) is 6.40. The minimum atomic E-state index is -0.762. The Balaban J connectivity index is 1.88. The zero-order valence-corrected chi connectivity index (χ0v) is 12.0. The first kappa shape index (κ1) is 13.6. The van der Waals surface area contributed by atoms with Gasteiger partial charge in [0.2, 0.25) is 0 Å². The van der Waals surface area contributed by atoms with Gasteiger partial charge in [-0.2, -0.15) is 5.26 Å². The largest absolute Gasteiger partial charge is 0.387 e. The van der Waals surface area contributed by atoms with E-state index < -0.39 is 11.5 Å². The van der Waals surface area contributed by atoms with Crippen LogP contribution < -0.4 is 0 Å². The summed E-state index contributed by atoms with van der Waals surface area (Å²) in [6, 6.07) is 10.4. The molecule has 2 saturated heterocycles. The molecule has 2 bridgehead atoms. The monoisotopic (exact) mass is 271 g/mol. The number of nitrogens with zero attached hydrogens (tertiary/aromatic N) is 1. The number of rotatable bonds is 3. The quantitative estimate of drug-likeness (QED) is 0.917. The van der Waals surface area contributed by atoms with Crippen LogP contribution >= 0.6 is 0 Å². The molecule has 0 aliphatic carbocycles. The Labute approximate surface area is 120 Å². The maximum atomic E-state index is 10.7. The van der Waals surface area contributed by atoms with Crippen LogP contribution in [-0.4, -0.2) is 17.3 Å². The fourth-order valence-electron chi connectivity index (χ4n) is 3.57. The predicted octanol–water partition coefficient (Wildman–Crippen LogP) is 3.30. The zero-order chi connectivity index (χ0) is 14.3. The van der Waals surface area contributed by atoms with E-state index in [0.29, 0.717) is 12.3 Å². The minimum Gasteiger partial charge on any atom is -0.387 e. The number of nitriles is 1. The maximum Gasteiger partial charge on any atom is 0.116 e. The van der Waals surface area contributed by atoms with E-state index in [1.165, 1.54) is 5.56 Å². The second kappa shape index (κ2) is 4.87. The van der Waals surface area contributed by atoms with Crippen LogP contribution in [0.15, 0.2) is 24.3 Å². The first-order chi connectivity index (χ1) is 9.56. The lowest BCUT2D eigenvalue weighted by Gasteiger charge is -2.33. The summed E-state index contributed by atoms with van der Waals surface area (Å²) in [7, 11) is 0. The molecule has 2 aliphatic heterocycles. The summed E-state index contributed by atoms with van der Waals surface area (Å²) in [5.74, 6) is 0.469. The number of fused-ring (bicyclic) bond motifs is 2. The van der Waals surface area contributed by atoms with Gasteiger partial charge in [0.1, 0.15) is 11.5 Å². The fraction of sp³-hybridized carbons (Fsp3) is 0.588. The number of benzene rings is 1. The zero-order valence-electron chi connectivity index (χ0n) is 12.0. The molecule has 0 spiro atoms. The third-order valence-electron chi connectivity index (χ3n) is 4.86. The summed E-state index contributed by atoms with van der Waals surface area (Å²) in [6.45, 7) is 4.29. The predicted molar refractivity (Wildman–Crippen MR) is 76.0 cm³/mol. The van der Waals surface area contributed by atoms with Crippen LogP contribution in [0.4, 0.5) is 0 Å². The van der Waals surface area contributed by atoms with Crippen molar-refractivity contribution < 1.29 is 9.84 Å². The highest BCUT2D eigenvalue weighted by Crippen LogP contribution is 2.53. The van der Waals surface area contributed by atoms with E-state index in [1.807, 2.05) is 24.3 Å². The van der Waals surface area contributed by atoms with Gasteiger partial charge in [0, 0.05) is 0 Å². The van der Waals surface area contributed by atoms with Crippen LogP contribution in [0.5, 0.6) is 0 Å². The van der Waals surface area contributed by atoms with E-state index in [4.69, 9.17) is 4.74 Å². The van der Waals surface area contributed by atoms with Crippen LogP contribution in [0.2, 0.25) is 0 Å². The molecule has 2 aliphatic rings. The molecular weight excluding hydrogens is 250 g/mol. The molecule has 3 heteroatoms. The van der Waals surface area contributed by atoms with Crippen molar-refractivity contribution in [2.75, 3.05) is 0 Å². The number of hydrogen-bond acceptors (Lipinski definition) is 3. The van der Waals surface area contributed by atoms with Gasteiger partial charge < -0.3 is 9.84 Å². The molecule has 0 aromatic heterocycles. The van der Waals surface area contributed by atoms with Crippen molar-refractivity contribution in [2.24, 2.45) is 5.41 Å². The molecular formula is C17H21NO2. The van der Waals surface area contributed by atoms with Crippen LogP contribution in [0.25, 0.3) is 0 Å². The average molecular weight is 271 g/mol. The number of hydrogen-bond donors (Lipinski definition) is 1. The van der Waals surface area contributed by atoms with Crippen molar-refractivity contribution in [3.05, 3.63) is 35.4 Å². The minimum absolute atomic E-state index is 0.114. The molecule has 4 atom stereocenters. The summed E-state index contributed by atoms with van der Waals surface area (Å²) in [4.78, 5) is 0. The van der Waals surface area contributed by atoms with E-state index in [0.717, 1.165) is 18.4 Å². The molecule has 2 fully saturated rings. The summed E-state index contributed by atoms with van der Waals surface area (Å²) >= 11 is 0. The Bertz CT molecular complexity index is 531. The van der Waals surface area contributed by atoms with Gasteiger partial charge in [0.15, 0.2) is 0 Å². The van der Waals surface area contributed by atoms with Crippen LogP contribution in [0.3, 0.4) is 0 Å². The van der Waals surface area contributed by atoms with Crippen molar-refractivity contribution in [1.82, 2.24) is 0 Å². The Morgan fingerprint density at radius 2 is 1.90 bits per heavy atom. The Morgan fingerprint density at radius 3 is 2.35 bits per heavy atom. The lowest BCUT2D eigenvalue weighted by atomic mass is 9.69. The normalized spacial score (nSPS) is 33.4. The second-order valence-corrected chi connectivity index (χ2v) is 6.40. The molecule has 20 heavy (non-hydrogen) atoms. The Morgan fingerprint density at radius 1 is 1.25 bits per heavy atom. The van der Waals surface area contributed by atoms with E-state index >= 15 is 0 Å². The number of aliphatic hydroxyl groups excluding tert-OH is 1. The molecule has 0 amide bonds. The highest BCUT2D eigenvalue weighted by molar-refractivity contribution is 5.30. The van der Waals surface area contributed by atoms with Gasteiger partial charge in [0.05, 0.1) is 18.3 Å². The van der Waals surface area contributed by atoms with E-state index in [2.05, 4.69) is 19.9 Å². The molecule has 106 valence electrons. The van der Waals surface area contributed by atoms with Crippen LogP contribution in [0.1, 0.15) is 56.3 Å². The first-order valence-corrected chi connectivity index (χ1v) is 7.41. The average Bonchev–Trinajstić information content (AvgIpc) is 3.07. The SMILES string of the molecule is CC(C)c1ccc(C(O)C2(C#N)CC3CCC2O3)cc1. The number of ether oxygens (including phenoxy) is 1.